The summed E-state index contributed by atoms with van der Waals surface area (Å²) in [5.74, 6) is 1.75. The number of aromatic nitrogens is 2. The van der Waals surface area contributed by atoms with Crippen LogP contribution in [0, 0.1) is 0 Å². The van der Waals surface area contributed by atoms with Crippen molar-refractivity contribution in [1.82, 2.24) is 14.7 Å². The lowest BCUT2D eigenvalue weighted by Gasteiger charge is -2.24. The smallest absolute Gasteiger partial charge is 0.119 e. The quantitative estimate of drug-likeness (QED) is 0.787. The Kier molecular flexibility index (Phi) is 4.96. The van der Waals surface area contributed by atoms with Gasteiger partial charge in [-0.3, -0.25) is 9.58 Å². The minimum atomic E-state index is 0.569. The van der Waals surface area contributed by atoms with Gasteiger partial charge in [0.15, 0.2) is 0 Å². The lowest BCUT2D eigenvalue weighted by atomic mass is 10.2. The van der Waals surface area contributed by atoms with Crippen LogP contribution in [0.25, 0.3) is 0 Å². The predicted molar refractivity (Wildman–Crippen MR) is 85.3 cm³/mol. The van der Waals surface area contributed by atoms with Crippen LogP contribution in [0.2, 0.25) is 0 Å². The molecule has 2 aromatic rings. The van der Waals surface area contributed by atoms with Gasteiger partial charge < -0.3 is 9.47 Å². The average Bonchev–Trinajstić information content (AvgIpc) is 3.21. The molecule has 1 aliphatic rings. The van der Waals surface area contributed by atoms with Crippen molar-refractivity contribution in [3.8, 4) is 11.5 Å². The van der Waals surface area contributed by atoms with Crippen LogP contribution in [0.3, 0.4) is 0 Å². The van der Waals surface area contributed by atoms with E-state index >= 15 is 0 Å². The van der Waals surface area contributed by atoms with E-state index in [4.69, 9.17) is 9.47 Å². The fourth-order valence-corrected chi connectivity index (χ4v) is 2.97. The van der Waals surface area contributed by atoms with E-state index in [0.29, 0.717) is 12.6 Å². The molecule has 1 aromatic heterocycles. The van der Waals surface area contributed by atoms with Gasteiger partial charge in [-0.2, -0.15) is 5.10 Å². The molecule has 1 atom stereocenters. The number of nitrogens with zero attached hydrogens (tertiary/aromatic N) is 3. The molecule has 1 aromatic carbocycles. The molecule has 0 unspecified atom stereocenters. The molecule has 118 valence electrons. The lowest BCUT2D eigenvalue weighted by Crippen LogP contribution is -2.36. The van der Waals surface area contributed by atoms with E-state index in [1.165, 1.54) is 12.8 Å². The molecule has 0 amide bonds. The van der Waals surface area contributed by atoms with Crippen molar-refractivity contribution in [2.45, 2.75) is 25.4 Å². The van der Waals surface area contributed by atoms with Crippen molar-refractivity contribution >= 4 is 0 Å². The first-order valence-electron chi connectivity index (χ1n) is 7.83. The molecule has 1 fully saturated rings. The van der Waals surface area contributed by atoms with E-state index in [-0.39, 0.29) is 0 Å². The van der Waals surface area contributed by atoms with Gasteiger partial charge in [-0.1, -0.05) is 0 Å². The molecule has 22 heavy (non-hydrogen) atoms. The van der Waals surface area contributed by atoms with Crippen molar-refractivity contribution in [2.75, 3.05) is 26.8 Å². The van der Waals surface area contributed by atoms with Crippen LogP contribution in [0.15, 0.2) is 42.7 Å². The van der Waals surface area contributed by atoms with Gasteiger partial charge in [0.2, 0.25) is 0 Å². The zero-order valence-corrected chi connectivity index (χ0v) is 13.0. The first kappa shape index (κ1) is 14.9. The Bertz CT molecular complexity index is 554. The van der Waals surface area contributed by atoms with Gasteiger partial charge in [0, 0.05) is 25.0 Å². The number of ether oxygens (including phenoxy) is 2. The Labute approximate surface area is 131 Å². The molecule has 0 aliphatic carbocycles. The Morgan fingerprint density at radius 1 is 1.23 bits per heavy atom. The summed E-state index contributed by atoms with van der Waals surface area (Å²) in [4.78, 5) is 2.51. The van der Waals surface area contributed by atoms with E-state index in [1.807, 2.05) is 47.4 Å². The lowest BCUT2D eigenvalue weighted by molar-refractivity contribution is 0.182. The van der Waals surface area contributed by atoms with Crippen LogP contribution < -0.4 is 9.47 Å². The van der Waals surface area contributed by atoms with Gasteiger partial charge in [0.1, 0.15) is 18.1 Å². The summed E-state index contributed by atoms with van der Waals surface area (Å²) in [6, 6.07) is 10.3. The predicted octanol–water partition coefficient (Wildman–Crippen LogP) is 2.44. The fraction of sp³-hybridized carbons (Fsp3) is 0.471. The Balaban J connectivity index is 1.45. The van der Waals surface area contributed by atoms with Gasteiger partial charge in [-0.05, 0) is 49.7 Å². The minimum absolute atomic E-state index is 0.569. The highest BCUT2D eigenvalue weighted by Gasteiger charge is 2.24. The second-order valence-electron chi connectivity index (χ2n) is 5.58. The Hall–Kier alpha value is -2.01. The van der Waals surface area contributed by atoms with Gasteiger partial charge in [-0.25, -0.2) is 0 Å². The summed E-state index contributed by atoms with van der Waals surface area (Å²) in [6.07, 6.45) is 6.37. The summed E-state index contributed by atoms with van der Waals surface area (Å²) < 4.78 is 13.0. The van der Waals surface area contributed by atoms with E-state index in [0.717, 1.165) is 31.1 Å². The zero-order chi connectivity index (χ0) is 15.2. The second-order valence-corrected chi connectivity index (χ2v) is 5.58. The van der Waals surface area contributed by atoms with Crippen molar-refractivity contribution in [3.63, 3.8) is 0 Å². The maximum Gasteiger partial charge on any atom is 0.119 e. The largest absolute Gasteiger partial charge is 0.497 e. The third-order valence-corrected chi connectivity index (χ3v) is 4.16. The van der Waals surface area contributed by atoms with Crippen LogP contribution in [0.1, 0.15) is 12.8 Å². The average molecular weight is 301 g/mol. The monoisotopic (exact) mass is 301 g/mol. The summed E-state index contributed by atoms with van der Waals surface area (Å²) in [6.45, 7) is 3.79. The highest BCUT2D eigenvalue weighted by atomic mass is 16.5. The molecule has 0 spiro atoms. The maximum atomic E-state index is 5.83. The molecule has 0 radical (unpaired) electrons. The zero-order valence-electron chi connectivity index (χ0n) is 13.0. The third kappa shape index (κ3) is 3.80. The van der Waals surface area contributed by atoms with Crippen LogP contribution >= 0.6 is 0 Å². The van der Waals surface area contributed by atoms with E-state index in [2.05, 4.69) is 10.00 Å². The maximum absolute atomic E-state index is 5.83. The van der Waals surface area contributed by atoms with E-state index in [1.54, 1.807) is 7.11 Å². The van der Waals surface area contributed by atoms with Crippen LogP contribution in [0.5, 0.6) is 11.5 Å². The van der Waals surface area contributed by atoms with Gasteiger partial charge in [0.05, 0.1) is 13.7 Å². The standard InChI is InChI=1S/C17H23N3O2/c1-21-16-5-7-17(8-6-16)22-13-12-19-10-2-4-15(19)14-20-11-3-9-18-20/h3,5-9,11,15H,2,4,10,12-14H2,1H3/t15-/m1/s1. The van der Waals surface area contributed by atoms with Gasteiger partial charge >= 0.3 is 0 Å². The Morgan fingerprint density at radius 3 is 2.77 bits per heavy atom. The van der Waals surface area contributed by atoms with Gasteiger partial charge in [0.25, 0.3) is 0 Å². The molecule has 5 nitrogen and oxygen atoms in total. The van der Waals surface area contributed by atoms with E-state index in [9.17, 15) is 0 Å². The molecule has 1 saturated heterocycles. The van der Waals surface area contributed by atoms with Crippen LogP contribution in [-0.4, -0.2) is 47.5 Å². The number of hydrogen-bond donors (Lipinski definition) is 0. The van der Waals surface area contributed by atoms with E-state index < -0.39 is 0 Å². The molecular formula is C17H23N3O2. The summed E-state index contributed by atoms with van der Waals surface area (Å²) in [5.41, 5.74) is 0. The van der Waals surface area contributed by atoms with Crippen LogP contribution in [-0.2, 0) is 6.54 Å². The molecular weight excluding hydrogens is 278 g/mol. The third-order valence-electron chi connectivity index (χ3n) is 4.16. The molecule has 1 aliphatic heterocycles. The van der Waals surface area contributed by atoms with Crippen LogP contribution in [0.4, 0.5) is 0 Å². The first-order chi connectivity index (χ1) is 10.8. The van der Waals surface area contributed by atoms with Gasteiger partial charge in [-0.15, -0.1) is 0 Å². The van der Waals surface area contributed by atoms with Crippen molar-refractivity contribution in [1.29, 1.82) is 0 Å². The van der Waals surface area contributed by atoms with Crippen molar-refractivity contribution in [2.24, 2.45) is 0 Å². The van der Waals surface area contributed by atoms with Crippen molar-refractivity contribution in [3.05, 3.63) is 42.7 Å². The highest BCUT2D eigenvalue weighted by Crippen LogP contribution is 2.20. The molecule has 0 N–H and O–H groups in total. The fourth-order valence-electron chi connectivity index (χ4n) is 2.97. The first-order valence-corrected chi connectivity index (χ1v) is 7.83. The number of methoxy groups -OCH3 is 1. The molecule has 0 saturated carbocycles. The molecule has 5 heteroatoms. The number of likely N-dealkylation sites (tertiary alicyclic amines) is 1. The number of hydrogen-bond acceptors (Lipinski definition) is 4. The summed E-state index contributed by atoms with van der Waals surface area (Å²) in [5, 5.41) is 4.31. The van der Waals surface area contributed by atoms with Crippen molar-refractivity contribution < 1.29 is 9.47 Å². The number of rotatable bonds is 7. The normalized spacial score (nSPS) is 18.5. The SMILES string of the molecule is COc1ccc(OCCN2CCC[C@@H]2Cn2cccn2)cc1. The highest BCUT2D eigenvalue weighted by molar-refractivity contribution is 5.31. The molecule has 0 bridgehead atoms. The topological polar surface area (TPSA) is 39.5 Å². The summed E-state index contributed by atoms with van der Waals surface area (Å²) in [7, 11) is 1.67. The molecule has 3 rings (SSSR count). The Morgan fingerprint density at radius 2 is 2.05 bits per heavy atom. The number of benzene rings is 1. The molecule has 2 heterocycles. The summed E-state index contributed by atoms with van der Waals surface area (Å²) >= 11 is 0. The second kappa shape index (κ2) is 7.31. The minimum Gasteiger partial charge on any atom is -0.497 e.